The van der Waals surface area contributed by atoms with E-state index in [0.717, 1.165) is 21.2 Å². The highest BCUT2D eigenvalue weighted by molar-refractivity contribution is 7.21. The Kier molecular flexibility index (Phi) is 5.57. The third kappa shape index (κ3) is 4.08. The maximum absolute atomic E-state index is 13.0. The first kappa shape index (κ1) is 20.1. The zero-order chi connectivity index (χ0) is 21.3. The maximum Gasteiger partial charge on any atom is 0.267 e. The van der Waals surface area contributed by atoms with Crippen LogP contribution in [0.4, 0.5) is 11.4 Å². The monoisotopic (exact) mass is 434 g/mol. The van der Waals surface area contributed by atoms with Crippen LogP contribution in [0.15, 0.2) is 66.7 Å². The van der Waals surface area contributed by atoms with Crippen LogP contribution in [0.3, 0.4) is 0 Å². The molecule has 1 heterocycles. The van der Waals surface area contributed by atoms with Gasteiger partial charge in [-0.15, -0.1) is 11.3 Å². The van der Waals surface area contributed by atoms with Crippen LogP contribution in [0.5, 0.6) is 0 Å². The summed E-state index contributed by atoms with van der Waals surface area (Å²) in [4.78, 5) is 26.3. The van der Waals surface area contributed by atoms with Crippen LogP contribution in [-0.4, -0.2) is 11.8 Å². The number of aryl methyl sites for hydroxylation is 2. The van der Waals surface area contributed by atoms with Gasteiger partial charge in [-0.25, -0.2) is 0 Å². The summed E-state index contributed by atoms with van der Waals surface area (Å²) in [7, 11) is 0. The van der Waals surface area contributed by atoms with Gasteiger partial charge >= 0.3 is 0 Å². The number of carbonyl (C=O) groups is 2. The van der Waals surface area contributed by atoms with Gasteiger partial charge in [0, 0.05) is 15.8 Å². The lowest BCUT2D eigenvalue weighted by molar-refractivity contribution is 0.102. The highest BCUT2D eigenvalue weighted by Crippen LogP contribution is 2.35. The molecule has 6 heteroatoms. The van der Waals surface area contributed by atoms with E-state index in [1.165, 1.54) is 11.3 Å². The van der Waals surface area contributed by atoms with E-state index in [1.807, 2.05) is 68.4 Å². The van der Waals surface area contributed by atoms with Crippen LogP contribution in [-0.2, 0) is 0 Å². The molecule has 0 spiro atoms. The largest absolute Gasteiger partial charge is 0.322 e. The number of rotatable bonds is 4. The van der Waals surface area contributed by atoms with Crippen molar-refractivity contribution in [3.05, 3.63) is 93.3 Å². The predicted molar refractivity (Wildman–Crippen MR) is 125 cm³/mol. The second-order valence-corrected chi connectivity index (χ2v) is 8.50. The van der Waals surface area contributed by atoms with E-state index in [-0.39, 0.29) is 11.8 Å². The molecule has 3 aromatic carbocycles. The van der Waals surface area contributed by atoms with Crippen LogP contribution in [0, 0.1) is 13.8 Å². The maximum atomic E-state index is 13.0. The average molecular weight is 435 g/mol. The van der Waals surface area contributed by atoms with E-state index in [0.29, 0.717) is 26.8 Å². The summed E-state index contributed by atoms with van der Waals surface area (Å²) in [6.45, 7) is 3.86. The molecular formula is C24H19ClN2O2S. The smallest absolute Gasteiger partial charge is 0.267 e. The lowest BCUT2D eigenvalue weighted by Crippen LogP contribution is -2.18. The van der Waals surface area contributed by atoms with Gasteiger partial charge in [-0.1, -0.05) is 53.6 Å². The van der Waals surface area contributed by atoms with Gasteiger partial charge in [0.15, 0.2) is 0 Å². The van der Waals surface area contributed by atoms with Gasteiger partial charge in [0.25, 0.3) is 11.8 Å². The normalized spacial score (nSPS) is 10.8. The highest BCUT2D eigenvalue weighted by atomic mass is 35.5. The van der Waals surface area contributed by atoms with Gasteiger partial charge in [0.05, 0.1) is 16.3 Å². The second-order valence-electron chi connectivity index (χ2n) is 7.07. The fourth-order valence-corrected chi connectivity index (χ4v) is 4.63. The summed E-state index contributed by atoms with van der Waals surface area (Å²) in [5.41, 5.74) is 3.49. The standard InChI is InChI=1S/C24H19ClN2O2S/c1-14-6-5-7-16(12-14)26-23(28)18-13-15(2)10-11-19(18)27-24(29)22-21(25)17-8-3-4-9-20(17)30-22/h3-13H,1-2H3,(H,26,28)(H,27,29). The van der Waals surface area contributed by atoms with Crippen molar-refractivity contribution in [1.29, 1.82) is 0 Å². The number of amides is 2. The van der Waals surface area contributed by atoms with E-state index < -0.39 is 0 Å². The van der Waals surface area contributed by atoms with Crippen molar-refractivity contribution in [1.82, 2.24) is 0 Å². The van der Waals surface area contributed by atoms with Crippen molar-refractivity contribution in [3.8, 4) is 0 Å². The molecular weight excluding hydrogens is 416 g/mol. The number of thiophene rings is 1. The number of benzene rings is 3. The SMILES string of the molecule is Cc1cccc(NC(=O)c2cc(C)ccc2NC(=O)c2sc3ccccc3c2Cl)c1. The molecule has 0 saturated heterocycles. The number of carbonyl (C=O) groups excluding carboxylic acids is 2. The number of nitrogens with one attached hydrogen (secondary N) is 2. The molecule has 0 fully saturated rings. The summed E-state index contributed by atoms with van der Waals surface area (Å²) in [5, 5.41) is 7.02. The van der Waals surface area contributed by atoms with Crippen molar-refractivity contribution >= 4 is 56.2 Å². The van der Waals surface area contributed by atoms with Crippen LogP contribution in [0.1, 0.15) is 31.2 Å². The Bertz CT molecular complexity index is 1280. The van der Waals surface area contributed by atoms with Crippen LogP contribution in [0.2, 0.25) is 5.02 Å². The number of halogens is 1. The molecule has 0 aliphatic rings. The lowest BCUT2D eigenvalue weighted by Gasteiger charge is -2.12. The molecule has 4 nitrogen and oxygen atoms in total. The summed E-state index contributed by atoms with van der Waals surface area (Å²) in [6.07, 6.45) is 0. The summed E-state index contributed by atoms with van der Waals surface area (Å²) >= 11 is 7.77. The van der Waals surface area contributed by atoms with Crippen LogP contribution >= 0.6 is 22.9 Å². The topological polar surface area (TPSA) is 58.2 Å². The second kappa shape index (κ2) is 8.30. The zero-order valence-electron chi connectivity index (χ0n) is 16.5. The Labute approximate surface area is 183 Å². The van der Waals surface area contributed by atoms with Gasteiger partial charge in [-0.05, 0) is 49.7 Å². The van der Waals surface area contributed by atoms with Crippen LogP contribution < -0.4 is 10.6 Å². The zero-order valence-corrected chi connectivity index (χ0v) is 18.0. The minimum Gasteiger partial charge on any atom is -0.322 e. The Morgan fingerprint density at radius 3 is 2.37 bits per heavy atom. The molecule has 0 bridgehead atoms. The first-order valence-electron chi connectivity index (χ1n) is 9.39. The fourth-order valence-electron chi connectivity index (χ4n) is 3.22. The van der Waals surface area contributed by atoms with E-state index in [9.17, 15) is 9.59 Å². The average Bonchev–Trinajstić information content (AvgIpc) is 3.06. The van der Waals surface area contributed by atoms with Gasteiger partial charge < -0.3 is 10.6 Å². The fraction of sp³-hybridized carbons (Fsp3) is 0.0833. The number of hydrogen-bond acceptors (Lipinski definition) is 3. The minimum absolute atomic E-state index is 0.290. The number of hydrogen-bond donors (Lipinski definition) is 2. The molecule has 0 radical (unpaired) electrons. The third-order valence-corrected chi connectivity index (χ3v) is 6.36. The summed E-state index contributed by atoms with van der Waals surface area (Å²) in [5.74, 6) is -0.628. The molecule has 2 N–H and O–H groups in total. The highest BCUT2D eigenvalue weighted by Gasteiger charge is 2.20. The predicted octanol–water partition coefficient (Wildman–Crippen LogP) is 6.68. The number of anilines is 2. The van der Waals surface area contributed by atoms with Crippen molar-refractivity contribution in [2.75, 3.05) is 10.6 Å². The Morgan fingerprint density at radius 2 is 1.60 bits per heavy atom. The van der Waals surface area contributed by atoms with Crippen molar-refractivity contribution in [2.24, 2.45) is 0 Å². The van der Waals surface area contributed by atoms with E-state index in [1.54, 1.807) is 12.1 Å². The van der Waals surface area contributed by atoms with Crippen LogP contribution in [0.25, 0.3) is 10.1 Å². The molecule has 0 aliphatic carbocycles. The molecule has 0 unspecified atom stereocenters. The van der Waals surface area contributed by atoms with E-state index in [2.05, 4.69) is 10.6 Å². The summed E-state index contributed by atoms with van der Waals surface area (Å²) < 4.78 is 0.939. The molecule has 1 aromatic heterocycles. The van der Waals surface area contributed by atoms with Gasteiger partial charge in [0.2, 0.25) is 0 Å². The molecule has 2 amide bonds. The molecule has 4 rings (SSSR count). The molecule has 0 aliphatic heterocycles. The van der Waals surface area contributed by atoms with Crippen molar-refractivity contribution in [2.45, 2.75) is 13.8 Å². The molecule has 0 atom stereocenters. The quantitative estimate of drug-likeness (QED) is 0.376. The van der Waals surface area contributed by atoms with Gasteiger partial charge in [-0.3, -0.25) is 9.59 Å². The van der Waals surface area contributed by atoms with Crippen molar-refractivity contribution < 1.29 is 9.59 Å². The van der Waals surface area contributed by atoms with E-state index in [4.69, 9.17) is 11.6 Å². The molecule has 4 aromatic rings. The first-order valence-corrected chi connectivity index (χ1v) is 10.6. The lowest BCUT2D eigenvalue weighted by atomic mass is 10.1. The van der Waals surface area contributed by atoms with Gasteiger partial charge in [0.1, 0.15) is 4.88 Å². The van der Waals surface area contributed by atoms with Crippen molar-refractivity contribution in [3.63, 3.8) is 0 Å². The van der Waals surface area contributed by atoms with Gasteiger partial charge in [-0.2, -0.15) is 0 Å². The minimum atomic E-state index is -0.338. The van der Waals surface area contributed by atoms with E-state index >= 15 is 0 Å². The molecule has 30 heavy (non-hydrogen) atoms. The summed E-state index contributed by atoms with van der Waals surface area (Å²) in [6, 6.07) is 20.5. The number of fused-ring (bicyclic) bond motifs is 1. The first-order chi connectivity index (χ1) is 14.4. The molecule has 0 saturated carbocycles. The Hall–Kier alpha value is -3.15. The third-order valence-electron chi connectivity index (χ3n) is 4.68. The Morgan fingerprint density at radius 1 is 0.833 bits per heavy atom. The Balaban J connectivity index is 1.63. The molecule has 150 valence electrons.